The van der Waals surface area contributed by atoms with Crippen LogP contribution in [-0.4, -0.2) is 30.8 Å². The standard InChI is InChI=1S/C16H13F3N2O5S/c17-16(18,19)26-9-3-5-10(6-4-9)27(24,25)12-7-11(20)14(15(22)23)21-13(12)8-1-2-8/h3-8H,1-2,20H2,(H,22,23). The van der Waals surface area contributed by atoms with Gasteiger partial charge >= 0.3 is 12.3 Å². The molecule has 0 spiro atoms. The van der Waals surface area contributed by atoms with Gasteiger partial charge in [-0.1, -0.05) is 0 Å². The van der Waals surface area contributed by atoms with E-state index in [1.807, 2.05) is 0 Å². The third kappa shape index (κ3) is 3.97. The number of nitrogen functional groups attached to an aromatic ring is 1. The van der Waals surface area contributed by atoms with Crippen LogP contribution in [0, 0.1) is 0 Å². The average Bonchev–Trinajstić information content (AvgIpc) is 3.38. The van der Waals surface area contributed by atoms with Gasteiger partial charge in [-0.15, -0.1) is 13.2 Å². The van der Waals surface area contributed by atoms with E-state index < -0.39 is 33.6 Å². The number of sulfone groups is 1. The van der Waals surface area contributed by atoms with Crippen LogP contribution in [0.4, 0.5) is 18.9 Å². The Balaban J connectivity index is 2.04. The van der Waals surface area contributed by atoms with Crippen LogP contribution >= 0.6 is 0 Å². The second kappa shape index (κ2) is 6.41. The van der Waals surface area contributed by atoms with Crippen molar-refractivity contribution in [2.75, 3.05) is 5.73 Å². The molecule has 1 aliphatic carbocycles. The lowest BCUT2D eigenvalue weighted by Gasteiger charge is -2.13. The molecule has 0 amide bonds. The summed E-state index contributed by atoms with van der Waals surface area (Å²) in [6, 6.07) is 4.71. The molecule has 1 aromatic heterocycles. The van der Waals surface area contributed by atoms with Gasteiger partial charge in [0.25, 0.3) is 0 Å². The maximum atomic E-state index is 12.9. The lowest BCUT2D eigenvalue weighted by molar-refractivity contribution is -0.274. The molecule has 144 valence electrons. The zero-order valence-electron chi connectivity index (χ0n) is 13.5. The van der Waals surface area contributed by atoms with Gasteiger partial charge in [0.2, 0.25) is 9.84 Å². The molecule has 2 aromatic rings. The summed E-state index contributed by atoms with van der Waals surface area (Å²) in [6.07, 6.45) is -3.60. The highest BCUT2D eigenvalue weighted by Gasteiger charge is 2.35. The van der Waals surface area contributed by atoms with E-state index in [1.54, 1.807) is 0 Å². The summed E-state index contributed by atoms with van der Waals surface area (Å²) in [4.78, 5) is 14.6. The Bertz CT molecular complexity index is 1000. The van der Waals surface area contributed by atoms with E-state index in [0.717, 1.165) is 30.3 Å². The second-order valence-electron chi connectivity index (χ2n) is 5.91. The molecule has 11 heteroatoms. The number of nitrogens with zero attached hydrogens (tertiary/aromatic N) is 1. The highest BCUT2D eigenvalue weighted by atomic mass is 32.2. The third-order valence-electron chi connectivity index (χ3n) is 3.87. The van der Waals surface area contributed by atoms with Crippen molar-refractivity contribution in [1.29, 1.82) is 0 Å². The van der Waals surface area contributed by atoms with Crippen molar-refractivity contribution in [3.05, 3.63) is 41.7 Å². The van der Waals surface area contributed by atoms with Crippen LogP contribution in [0.25, 0.3) is 0 Å². The predicted molar refractivity (Wildman–Crippen MR) is 86.2 cm³/mol. The Morgan fingerprint density at radius 1 is 1.22 bits per heavy atom. The van der Waals surface area contributed by atoms with Gasteiger partial charge in [0.1, 0.15) is 5.75 Å². The van der Waals surface area contributed by atoms with Crippen molar-refractivity contribution in [2.45, 2.75) is 34.9 Å². The lowest BCUT2D eigenvalue weighted by atomic mass is 10.2. The number of anilines is 1. The number of nitrogens with two attached hydrogens (primary N) is 1. The molecule has 1 fully saturated rings. The second-order valence-corrected chi connectivity index (χ2v) is 7.83. The number of alkyl halides is 3. The minimum atomic E-state index is -4.90. The molecule has 27 heavy (non-hydrogen) atoms. The van der Waals surface area contributed by atoms with Crippen LogP contribution < -0.4 is 10.5 Å². The Hall–Kier alpha value is -2.82. The van der Waals surface area contributed by atoms with Gasteiger partial charge in [0.15, 0.2) is 5.69 Å². The Kier molecular flexibility index (Phi) is 4.50. The number of hydrogen-bond acceptors (Lipinski definition) is 6. The normalized spacial score (nSPS) is 14.8. The Morgan fingerprint density at radius 3 is 2.30 bits per heavy atom. The highest BCUT2D eigenvalue weighted by Crippen LogP contribution is 2.43. The summed E-state index contributed by atoms with van der Waals surface area (Å²) in [5.74, 6) is -2.16. The van der Waals surface area contributed by atoms with E-state index in [1.165, 1.54) is 0 Å². The summed E-state index contributed by atoms with van der Waals surface area (Å²) in [5, 5.41) is 9.13. The number of aromatic carboxylic acids is 1. The summed E-state index contributed by atoms with van der Waals surface area (Å²) in [5.41, 5.74) is 4.96. The molecule has 0 saturated heterocycles. The first-order valence-corrected chi connectivity index (χ1v) is 9.12. The number of hydrogen-bond donors (Lipinski definition) is 2. The number of halogens is 3. The number of carboxylic acids is 1. The molecule has 0 radical (unpaired) electrons. The SMILES string of the molecule is Nc1cc(S(=O)(=O)c2ccc(OC(F)(F)F)cc2)c(C2CC2)nc1C(=O)O. The lowest BCUT2D eigenvalue weighted by Crippen LogP contribution is -2.17. The number of benzene rings is 1. The van der Waals surface area contributed by atoms with E-state index in [0.29, 0.717) is 12.8 Å². The quantitative estimate of drug-likeness (QED) is 0.789. The molecular weight excluding hydrogens is 389 g/mol. The molecule has 3 rings (SSSR count). The van der Waals surface area contributed by atoms with Crippen molar-refractivity contribution < 1.29 is 36.2 Å². The van der Waals surface area contributed by atoms with Crippen molar-refractivity contribution in [1.82, 2.24) is 4.98 Å². The third-order valence-corrected chi connectivity index (χ3v) is 5.67. The molecular formula is C16H13F3N2O5S. The molecule has 1 saturated carbocycles. The van der Waals surface area contributed by atoms with Crippen molar-refractivity contribution in [3.8, 4) is 5.75 Å². The van der Waals surface area contributed by atoms with Crippen LogP contribution in [0.5, 0.6) is 5.75 Å². The molecule has 3 N–H and O–H groups in total. The average molecular weight is 402 g/mol. The maximum Gasteiger partial charge on any atom is 0.573 e. The monoisotopic (exact) mass is 402 g/mol. The van der Waals surface area contributed by atoms with Gasteiger partial charge in [-0.2, -0.15) is 0 Å². The largest absolute Gasteiger partial charge is 0.573 e. The first kappa shape index (κ1) is 19.0. The van der Waals surface area contributed by atoms with Crippen LogP contribution in [0.2, 0.25) is 0 Å². The van der Waals surface area contributed by atoms with Crippen LogP contribution in [0.1, 0.15) is 34.9 Å². The highest BCUT2D eigenvalue weighted by molar-refractivity contribution is 7.91. The minimum Gasteiger partial charge on any atom is -0.476 e. The molecule has 1 heterocycles. The van der Waals surface area contributed by atoms with Crippen molar-refractivity contribution >= 4 is 21.5 Å². The van der Waals surface area contributed by atoms with Gasteiger partial charge in [0, 0.05) is 5.92 Å². The summed E-state index contributed by atoms with van der Waals surface area (Å²) in [6.45, 7) is 0. The summed E-state index contributed by atoms with van der Waals surface area (Å²) < 4.78 is 66.2. The Morgan fingerprint density at radius 2 is 1.81 bits per heavy atom. The van der Waals surface area contributed by atoms with E-state index in [-0.39, 0.29) is 27.1 Å². The smallest absolute Gasteiger partial charge is 0.476 e. The van der Waals surface area contributed by atoms with Crippen molar-refractivity contribution in [3.63, 3.8) is 0 Å². The van der Waals surface area contributed by atoms with Crippen LogP contribution in [-0.2, 0) is 9.84 Å². The molecule has 0 aliphatic heterocycles. The van der Waals surface area contributed by atoms with Gasteiger partial charge < -0.3 is 15.6 Å². The zero-order valence-corrected chi connectivity index (χ0v) is 14.3. The maximum absolute atomic E-state index is 12.9. The fourth-order valence-electron chi connectivity index (χ4n) is 2.51. The number of aromatic nitrogens is 1. The topological polar surface area (TPSA) is 120 Å². The van der Waals surface area contributed by atoms with Gasteiger partial charge in [-0.3, -0.25) is 0 Å². The number of ether oxygens (including phenoxy) is 1. The molecule has 1 aromatic carbocycles. The molecule has 1 aliphatic rings. The first-order chi connectivity index (χ1) is 12.5. The first-order valence-electron chi connectivity index (χ1n) is 7.63. The van der Waals surface area contributed by atoms with Gasteiger partial charge in [-0.25, -0.2) is 18.2 Å². The van der Waals surface area contributed by atoms with E-state index in [2.05, 4.69) is 9.72 Å². The van der Waals surface area contributed by atoms with E-state index in [4.69, 9.17) is 10.8 Å². The molecule has 0 unspecified atom stereocenters. The number of carboxylic acid groups (broad SMARTS) is 1. The fourth-order valence-corrected chi connectivity index (χ4v) is 4.02. The number of carbonyl (C=O) groups is 1. The minimum absolute atomic E-state index is 0.0946. The molecule has 7 nitrogen and oxygen atoms in total. The van der Waals surface area contributed by atoms with E-state index in [9.17, 15) is 26.4 Å². The van der Waals surface area contributed by atoms with Crippen molar-refractivity contribution in [2.24, 2.45) is 0 Å². The molecule has 0 bridgehead atoms. The predicted octanol–water partition coefficient (Wildman–Crippen LogP) is 2.97. The fraction of sp³-hybridized carbons (Fsp3) is 0.250. The van der Waals surface area contributed by atoms with Crippen LogP contribution in [0.15, 0.2) is 40.1 Å². The van der Waals surface area contributed by atoms with Gasteiger partial charge in [-0.05, 0) is 43.2 Å². The summed E-state index contributed by atoms with van der Waals surface area (Å²) >= 11 is 0. The number of rotatable bonds is 5. The summed E-state index contributed by atoms with van der Waals surface area (Å²) in [7, 11) is -4.17. The van der Waals surface area contributed by atoms with E-state index >= 15 is 0 Å². The molecule has 0 atom stereocenters. The number of pyridine rings is 1. The van der Waals surface area contributed by atoms with Crippen LogP contribution in [0.3, 0.4) is 0 Å². The Labute approximate surface area is 151 Å². The van der Waals surface area contributed by atoms with Gasteiger partial charge in [0.05, 0.1) is 21.2 Å². The zero-order chi connectivity index (χ0) is 20.0.